The molecule has 0 atom stereocenters. The third-order valence-corrected chi connectivity index (χ3v) is 4.84. The van der Waals surface area contributed by atoms with E-state index in [4.69, 9.17) is 21.9 Å². The lowest BCUT2D eigenvalue weighted by atomic mass is 10.0. The molecule has 0 bridgehead atoms. The fourth-order valence-electron chi connectivity index (χ4n) is 3.05. The highest BCUT2D eigenvalue weighted by Crippen LogP contribution is 2.29. The van der Waals surface area contributed by atoms with Crippen molar-refractivity contribution in [3.63, 3.8) is 0 Å². The topological polar surface area (TPSA) is 22.1 Å². The van der Waals surface area contributed by atoms with Gasteiger partial charge in [-0.05, 0) is 55.4 Å². The van der Waals surface area contributed by atoms with Crippen LogP contribution in [-0.4, -0.2) is 10.0 Å². The predicted molar refractivity (Wildman–Crippen MR) is 107 cm³/mol. The summed E-state index contributed by atoms with van der Waals surface area (Å²) in [5, 5.41) is 2.50. The van der Waals surface area contributed by atoms with Crippen LogP contribution in [0.1, 0.15) is 16.7 Å². The number of rotatable bonds is 2. The van der Waals surface area contributed by atoms with E-state index < -0.39 is 0 Å². The number of aryl methyl sites for hydroxylation is 1. The van der Waals surface area contributed by atoms with Gasteiger partial charge in [0.05, 0.1) is 11.0 Å². The van der Waals surface area contributed by atoms with Crippen LogP contribution < -0.4 is 4.74 Å². The third kappa shape index (κ3) is 2.77. The van der Waals surface area contributed by atoms with Gasteiger partial charge >= 0.3 is 0 Å². The van der Waals surface area contributed by atoms with Gasteiger partial charge in [0.1, 0.15) is 5.75 Å². The van der Waals surface area contributed by atoms with Crippen molar-refractivity contribution in [2.45, 2.75) is 13.8 Å². The molecule has 0 aliphatic heterocycles. The number of thiocarbonyl (C=S) groups is 1. The van der Waals surface area contributed by atoms with Crippen LogP contribution in [0.4, 0.5) is 0 Å². The molecule has 0 spiro atoms. The number of hydrogen-bond donors (Lipinski definition) is 0. The summed E-state index contributed by atoms with van der Waals surface area (Å²) < 4.78 is 6.13. The highest BCUT2D eigenvalue weighted by molar-refractivity contribution is 7.80. The second-order valence-corrected chi connectivity index (χ2v) is 6.48. The predicted octanol–water partition coefficient (Wildman–Crippen LogP) is 5.76. The highest BCUT2D eigenvalue weighted by atomic mass is 32.1. The molecular formula is C22H17NOS. The summed E-state index contributed by atoms with van der Waals surface area (Å²) in [7, 11) is 0. The van der Waals surface area contributed by atoms with Gasteiger partial charge in [0.2, 0.25) is 0 Å². The van der Waals surface area contributed by atoms with Crippen LogP contribution in [0.15, 0.2) is 66.7 Å². The monoisotopic (exact) mass is 343 g/mol. The molecule has 2 nitrogen and oxygen atoms in total. The van der Waals surface area contributed by atoms with Crippen molar-refractivity contribution >= 4 is 39.1 Å². The van der Waals surface area contributed by atoms with E-state index in [0.29, 0.717) is 5.05 Å². The summed E-state index contributed by atoms with van der Waals surface area (Å²) in [5.41, 5.74) is 5.06. The molecular weight excluding hydrogens is 326 g/mol. The summed E-state index contributed by atoms with van der Waals surface area (Å²) in [6.45, 7) is 4.12. The molecule has 1 aromatic heterocycles. The number of hydrogen-bond acceptors (Lipinski definition) is 3. The maximum atomic E-state index is 6.13. The van der Waals surface area contributed by atoms with Crippen LogP contribution in [-0.2, 0) is 0 Å². The molecule has 0 unspecified atom stereocenters. The number of para-hydroxylation sites is 2. The van der Waals surface area contributed by atoms with Gasteiger partial charge in [0.25, 0.3) is 0 Å². The summed E-state index contributed by atoms with van der Waals surface area (Å²) in [6.07, 6.45) is 0. The van der Waals surface area contributed by atoms with E-state index in [-0.39, 0.29) is 0 Å². The molecule has 0 N–H and O–H groups in total. The first kappa shape index (κ1) is 15.7. The van der Waals surface area contributed by atoms with Gasteiger partial charge in [-0.15, -0.1) is 0 Å². The zero-order valence-electron chi connectivity index (χ0n) is 14.1. The molecule has 1 heterocycles. The van der Waals surface area contributed by atoms with E-state index in [2.05, 4.69) is 19.9 Å². The van der Waals surface area contributed by atoms with Crippen LogP contribution in [0.3, 0.4) is 0 Å². The first-order valence-corrected chi connectivity index (χ1v) is 8.62. The summed E-state index contributed by atoms with van der Waals surface area (Å²) in [6, 6.07) is 22.1. The van der Waals surface area contributed by atoms with E-state index >= 15 is 0 Å². The second kappa shape index (κ2) is 6.26. The molecule has 0 aliphatic rings. The Morgan fingerprint density at radius 1 is 0.800 bits per heavy atom. The van der Waals surface area contributed by atoms with Gasteiger partial charge in [-0.1, -0.05) is 48.5 Å². The smallest absolute Gasteiger partial charge is 0.199 e. The lowest BCUT2D eigenvalue weighted by Crippen LogP contribution is -2.10. The molecule has 0 fully saturated rings. The molecule has 0 radical (unpaired) electrons. The number of aromatic nitrogens is 1. The standard InChI is InChI=1S/C22H17NOS/c1-14-8-7-13-20(15(14)2)24-22(25)21-16-9-3-5-11-18(16)23-19-12-6-4-10-17(19)21/h3-13H,1-2H3. The minimum Gasteiger partial charge on any atom is -0.445 e. The zero-order valence-corrected chi connectivity index (χ0v) is 14.9. The molecule has 25 heavy (non-hydrogen) atoms. The van der Waals surface area contributed by atoms with Crippen molar-refractivity contribution in [1.29, 1.82) is 0 Å². The molecule has 0 amide bonds. The van der Waals surface area contributed by atoms with Crippen LogP contribution in [0.25, 0.3) is 21.8 Å². The lowest BCUT2D eigenvalue weighted by Gasteiger charge is -2.15. The fraction of sp³-hybridized carbons (Fsp3) is 0.0909. The maximum Gasteiger partial charge on any atom is 0.199 e. The Labute approximate surface area is 152 Å². The van der Waals surface area contributed by atoms with Gasteiger partial charge in [-0.2, -0.15) is 0 Å². The molecule has 0 saturated heterocycles. The molecule has 122 valence electrons. The molecule has 3 heteroatoms. The number of ether oxygens (including phenoxy) is 1. The quantitative estimate of drug-likeness (QED) is 0.341. The Balaban J connectivity index is 1.92. The number of benzene rings is 3. The minimum atomic E-state index is 0.475. The molecule has 3 aromatic carbocycles. The van der Waals surface area contributed by atoms with Gasteiger partial charge in [-0.3, -0.25) is 0 Å². The van der Waals surface area contributed by atoms with Crippen LogP contribution in [0.5, 0.6) is 5.75 Å². The Morgan fingerprint density at radius 3 is 2.04 bits per heavy atom. The van der Waals surface area contributed by atoms with E-state index in [1.807, 2.05) is 60.7 Å². The number of fused-ring (bicyclic) bond motifs is 2. The van der Waals surface area contributed by atoms with E-state index in [1.165, 1.54) is 5.56 Å². The van der Waals surface area contributed by atoms with E-state index in [0.717, 1.165) is 38.7 Å². The molecule has 4 aromatic rings. The first-order valence-electron chi connectivity index (χ1n) is 8.21. The first-order chi connectivity index (χ1) is 12.1. The fourth-order valence-corrected chi connectivity index (χ4v) is 3.36. The van der Waals surface area contributed by atoms with Crippen molar-refractivity contribution < 1.29 is 4.74 Å². The van der Waals surface area contributed by atoms with Crippen LogP contribution >= 0.6 is 12.2 Å². The SMILES string of the molecule is Cc1cccc(OC(=S)c2c3ccccc3nc3ccccc23)c1C. The Kier molecular flexibility index (Phi) is 3.94. The average molecular weight is 343 g/mol. The van der Waals surface area contributed by atoms with Crippen molar-refractivity contribution in [1.82, 2.24) is 4.98 Å². The summed E-state index contributed by atoms with van der Waals surface area (Å²) in [5.74, 6) is 0.801. The van der Waals surface area contributed by atoms with Crippen LogP contribution in [0, 0.1) is 13.8 Å². The van der Waals surface area contributed by atoms with Gasteiger partial charge in [-0.25, -0.2) is 4.98 Å². The van der Waals surface area contributed by atoms with Gasteiger partial charge in [0, 0.05) is 16.3 Å². The van der Waals surface area contributed by atoms with Crippen molar-refractivity contribution in [2.75, 3.05) is 0 Å². The van der Waals surface area contributed by atoms with Gasteiger partial charge < -0.3 is 4.74 Å². The third-order valence-electron chi connectivity index (χ3n) is 4.55. The van der Waals surface area contributed by atoms with Gasteiger partial charge in [0.15, 0.2) is 5.05 Å². The number of pyridine rings is 1. The normalized spacial score (nSPS) is 11.0. The Morgan fingerprint density at radius 2 is 1.40 bits per heavy atom. The minimum absolute atomic E-state index is 0.475. The summed E-state index contributed by atoms with van der Waals surface area (Å²) >= 11 is 5.71. The Hall–Kier alpha value is -2.78. The zero-order chi connectivity index (χ0) is 17.4. The largest absolute Gasteiger partial charge is 0.445 e. The lowest BCUT2D eigenvalue weighted by molar-refractivity contribution is 0.562. The van der Waals surface area contributed by atoms with Crippen molar-refractivity contribution in [2.24, 2.45) is 0 Å². The molecule has 0 saturated carbocycles. The summed E-state index contributed by atoms with van der Waals surface area (Å²) in [4.78, 5) is 4.74. The Bertz CT molecular complexity index is 1060. The van der Waals surface area contributed by atoms with Crippen molar-refractivity contribution in [3.05, 3.63) is 83.4 Å². The van der Waals surface area contributed by atoms with E-state index in [1.54, 1.807) is 0 Å². The molecule has 0 aliphatic carbocycles. The van der Waals surface area contributed by atoms with Crippen molar-refractivity contribution in [3.8, 4) is 5.75 Å². The average Bonchev–Trinajstić information content (AvgIpc) is 2.63. The number of nitrogens with zero attached hydrogens (tertiary/aromatic N) is 1. The molecule has 4 rings (SSSR count). The second-order valence-electron chi connectivity index (χ2n) is 6.11. The highest BCUT2D eigenvalue weighted by Gasteiger charge is 2.15. The maximum absolute atomic E-state index is 6.13. The van der Waals surface area contributed by atoms with E-state index in [9.17, 15) is 0 Å². The van der Waals surface area contributed by atoms with Crippen LogP contribution in [0.2, 0.25) is 0 Å².